The van der Waals surface area contributed by atoms with Gasteiger partial charge in [-0.1, -0.05) is 6.08 Å². The molecule has 1 aliphatic carbocycles. The molecule has 2 rings (SSSR count). The van der Waals surface area contributed by atoms with Crippen LogP contribution in [0.25, 0.3) is 0 Å². The van der Waals surface area contributed by atoms with Crippen LogP contribution in [0, 0.1) is 5.41 Å². The highest BCUT2D eigenvalue weighted by Gasteiger charge is 2.45. The number of ether oxygens (including phenoxy) is 2. The lowest BCUT2D eigenvalue weighted by Crippen LogP contribution is -2.39. The van der Waals surface area contributed by atoms with E-state index in [1.54, 1.807) is 46.0 Å². The Morgan fingerprint density at radius 2 is 2.08 bits per heavy atom. The molecule has 0 bridgehead atoms. The van der Waals surface area contributed by atoms with Gasteiger partial charge in [-0.3, -0.25) is 14.2 Å². The van der Waals surface area contributed by atoms with Gasteiger partial charge in [-0.25, -0.2) is 4.79 Å². The Hall–Kier alpha value is -2.37. The van der Waals surface area contributed by atoms with Gasteiger partial charge >= 0.3 is 12.1 Å². The van der Waals surface area contributed by atoms with Crippen LogP contribution in [0.5, 0.6) is 0 Å². The SMILES string of the molecule is C=CCC1(CC(=O)OCC)CCc2c(ccn2C(=O)OC(C)(C)C)C1=O. The Kier molecular flexibility index (Phi) is 5.74. The van der Waals surface area contributed by atoms with Gasteiger partial charge in [-0.2, -0.15) is 0 Å². The number of carbonyl (C=O) groups excluding carboxylic acids is 3. The molecule has 0 saturated heterocycles. The number of fused-ring (bicyclic) bond motifs is 1. The molecule has 6 heteroatoms. The maximum absolute atomic E-state index is 13.2. The smallest absolute Gasteiger partial charge is 0.418 e. The fourth-order valence-electron chi connectivity index (χ4n) is 3.37. The number of rotatable bonds is 5. The van der Waals surface area contributed by atoms with Crippen molar-refractivity contribution in [3.05, 3.63) is 36.2 Å². The summed E-state index contributed by atoms with van der Waals surface area (Å²) in [5.74, 6) is -0.535. The zero-order valence-corrected chi connectivity index (χ0v) is 16.0. The van der Waals surface area contributed by atoms with E-state index in [0.29, 0.717) is 30.5 Å². The van der Waals surface area contributed by atoms with Gasteiger partial charge in [0, 0.05) is 22.9 Å². The van der Waals surface area contributed by atoms with Crippen molar-refractivity contribution >= 4 is 17.8 Å². The first-order chi connectivity index (χ1) is 12.1. The summed E-state index contributed by atoms with van der Waals surface area (Å²) in [5, 5.41) is 0. The molecule has 1 unspecified atom stereocenters. The molecule has 1 atom stereocenters. The molecule has 26 heavy (non-hydrogen) atoms. The van der Waals surface area contributed by atoms with Crippen LogP contribution in [-0.2, 0) is 20.7 Å². The molecule has 0 amide bonds. The van der Waals surface area contributed by atoms with Gasteiger partial charge in [-0.05, 0) is 53.0 Å². The lowest BCUT2D eigenvalue weighted by molar-refractivity contribution is -0.145. The molecule has 0 aromatic carbocycles. The molecule has 0 spiro atoms. The van der Waals surface area contributed by atoms with Crippen LogP contribution in [0.1, 0.15) is 63.0 Å². The van der Waals surface area contributed by atoms with E-state index in [1.807, 2.05) is 0 Å². The van der Waals surface area contributed by atoms with Gasteiger partial charge in [0.2, 0.25) is 0 Å². The van der Waals surface area contributed by atoms with E-state index < -0.39 is 23.1 Å². The number of allylic oxidation sites excluding steroid dienone is 1. The van der Waals surface area contributed by atoms with Gasteiger partial charge in [0.05, 0.1) is 13.0 Å². The summed E-state index contributed by atoms with van der Waals surface area (Å²) < 4.78 is 11.8. The summed E-state index contributed by atoms with van der Waals surface area (Å²) in [4.78, 5) is 37.6. The average molecular weight is 361 g/mol. The minimum absolute atomic E-state index is 0.0166. The van der Waals surface area contributed by atoms with E-state index in [9.17, 15) is 14.4 Å². The van der Waals surface area contributed by atoms with Gasteiger partial charge in [0.1, 0.15) is 5.60 Å². The third kappa shape index (κ3) is 4.06. The maximum atomic E-state index is 13.2. The topological polar surface area (TPSA) is 74.6 Å². The minimum Gasteiger partial charge on any atom is -0.466 e. The van der Waals surface area contributed by atoms with Crippen molar-refractivity contribution in [3.63, 3.8) is 0 Å². The molecule has 0 aliphatic heterocycles. The highest BCUT2D eigenvalue weighted by Crippen LogP contribution is 2.42. The van der Waals surface area contributed by atoms with Crippen LogP contribution in [0.3, 0.4) is 0 Å². The van der Waals surface area contributed by atoms with Crippen molar-refractivity contribution in [2.75, 3.05) is 6.61 Å². The molecule has 0 fully saturated rings. The third-order valence-electron chi connectivity index (χ3n) is 4.47. The largest absolute Gasteiger partial charge is 0.466 e. The van der Waals surface area contributed by atoms with Crippen molar-refractivity contribution in [1.82, 2.24) is 4.57 Å². The first-order valence-electron chi connectivity index (χ1n) is 8.88. The second-order valence-corrected chi connectivity index (χ2v) is 7.61. The summed E-state index contributed by atoms with van der Waals surface area (Å²) in [6.07, 6.45) is 4.08. The number of esters is 1. The summed E-state index contributed by atoms with van der Waals surface area (Å²) >= 11 is 0. The molecule has 142 valence electrons. The van der Waals surface area contributed by atoms with E-state index in [-0.39, 0.29) is 18.8 Å². The molecule has 1 aliphatic rings. The van der Waals surface area contributed by atoms with E-state index >= 15 is 0 Å². The second kappa shape index (κ2) is 7.48. The first kappa shape index (κ1) is 19.9. The Balaban J connectivity index is 2.33. The molecule has 1 aromatic rings. The molecule has 0 radical (unpaired) electrons. The predicted octanol–water partition coefficient (Wildman–Crippen LogP) is 3.92. The summed E-state index contributed by atoms with van der Waals surface area (Å²) in [5.41, 5.74) is -0.383. The molecular formula is C20H27NO5. The van der Waals surface area contributed by atoms with Crippen molar-refractivity contribution < 1.29 is 23.9 Å². The molecular weight excluding hydrogens is 334 g/mol. The Morgan fingerprint density at radius 1 is 1.38 bits per heavy atom. The lowest BCUT2D eigenvalue weighted by atomic mass is 9.68. The van der Waals surface area contributed by atoms with Crippen LogP contribution in [0.15, 0.2) is 24.9 Å². The summed E-state index contributed by atoms with van der Waals surface area (Å²) in [6.45, 7) is 11.1. The normalized spacial score (nSPS) is 19.6. The average Bonchev–Trinajstić information content (AvgIpc) is 2.94. The number of aromatic nitrogens is 1. The van der Waals surface area contributed by atoms with Crippen molar-refractivity contribution in [3.8, 4) is 0 Å². The van der Waals surface area contributed by atoms with E-state index in [0.717, 1.165) is 0 Å². The van der Waals surface area contributed by atoms with E-state index in [2.05, 4.69) is 6.58 Å². The number of ketones is 1. The third-order valence-corrected chi connectivity index (χ3v) is 4.47. The predicted molar refractivity (Wildman–Crippen MR) is 97.2 cm³/mol. The van der Waals surface area contributed by atoms with Crippen LogP contribution < -0.4 is 0 Å². The highest BCUT2D eigenvalue weighted by molar-refractivity contribution is 6.05. The van der Waals surface area contributed by atoms with Gasteiger partial charge in [0.15, 0.2) is 5.78 Å². The van der Waals surface area contributed by atoms with Crippen LogP contribution in [-0.4, -0.2) is 34.6 Å². The van der Waals surface area contributed by atoms with Gasteiger partial charge in [0.25, 0.3) is 0 Å². The fourth-order valence-corrected chi connectivity index (χ4v) is 3.37. The second-order valence-electron chi connectivity index (χ2n) is 7.61. The zero-order valence-electron chi connectivity index (χ0n) is 16.0. The van der Waals surface area contributed by atoms with Crippen LogP contribution in [0.4, 0.5) is 4.79 Å². The quantitative estimate of drug-likeness (QED) is 0.587. The van der Waals surface area contributed by atoms with Crippen molar-refractivity contribution in [2.45, 2.75) is 59.0 Å². The summed E-state index contributed by atoms with van der Waals surface area (Å²) in [6, 6.07) is 1.63. The van der Waals surface area contributed by atoms with Crippen molar-refractivity contribution in [1.29, 1.82) is 0 Å². The Morgan fingerprint density at radius 3 is 2.65 bits per heavy atom. The van der Waals surface area contributed by atoms with Crippen LogP contribution >= 0.6 is 0 Å². The number of carbonyl (C=O) groups is 3. The van der Waals surface area contributed by atoms with Gasteiger partial charge in [-0.15, -0.1) is 6.58 Å². The molecule has 0 N–H and O–H groups in total. The van der Waals surface area contributed by atoms with E-state index in [4.69, 9.17) is 9.47 Å². The Bertz CT molecular complexity index is 725. The highest BCUT2D eigenvalue weighted by atomic mass is 16.6. The molecule has 1 aromatic heterocycles. The Labute approximate surface area is 154 Å². The molecule has 0 saturated carbocycles. The molecule has 1 heterocycles. The monoisotopic (exact) mass is 361 g/mol. The fraction of sp³-hybridized carbons (Fsp3) is 0.550. The standard InChI is InChI=1S/C20H27NO5/c1-6-10-20(13-16(22)25-7-2)11-8-15-14(17(20)23)9-12-21(15)18(24)26-19(3,4)5/h6,9,12H,1,7-8,10-11,13H2,2-5H3. The number of hydrogen-bond acceptors (Lipinski definition) is 5. The first-order valence-corrected chi connectivity index (χ1v) is 8.88. The number of nitrogens with zero attached hydrogens (tertiary/aromatic N) is 1. The van der Waals surface area contributed by atoms with Crippen LogP contribution in [0.2, 0.25) is 0 Å². The van der Waals surface area contributed by atoms with Gasteiger partial charge < -0.3 is 9.47 Å². The number of hydrogen-bond donors (Lipinski definition) is 0. The van der Waals surface area contributed by atoms with E-state index in [1.165, 1.54) is 4.57 Å². The van der Waals surface area contributed by atoms with Crippen molar-refractivity contribution in [2.24, 2.45) is 5.41 Å². The minimum atomic E-state index is -0.860. The lowest BCUT2D eigenvalue weighted by Gasteiger charge is -2.34. The number of Topliss-reactive ketones (excluding diaryl/α,β-unsaturated/α-hetero) is 1. The zero-order chi connectivity index (χ0) is 19.5. The maximum Gasteiger partial charge on any atom is 0.418 e. The molecule has 6 nitrogen and oxygen atoms in total. The summed E-state index contributed by atoms with van der Waals surface area (Å²) in [7, 11) is 0.